The highest BCUT2D eigenvalue weighted by molar-refractivity contribution is 7.89. The van der Waals surface area contributed by atoms with Crippen LogP contribution in [0, 0.1) is 0 Å². The van der Waals surface area contributed by atoms with Crippen molar-refractivity contribution in [3.63, 3.8) is 0 Å². The number of benzene rings is 2. The first kappa shape index (κ1) is 24.8. The van der Waals surface area contributed by atoms with E-state index in [-0.39, 0.29) is 10.9 Å². The van der Waals surface area contributed by atoms with E-state index >= 15 is 0 Å². The molecule has 0 atom stereocenters. The molecule has 5 N–H and O–H groups in total. The summed E-state index contributed by atoms with van der Waals surface area (Å²) in [6.45, 7) is 7.29. The van der Waals surface area contributed by atoms with Crippen LogP contribution in [0.2, 0.25) is 0 Å². The summed E-state index contributed by atoms with van der Waals surface area (Å²) in [7, 11) is -2.09. The number of pyridine rings is 1. The Labute approximate surface area is 206 Å². The van der Waals surface area contributed by atoms with Gasteiger partial charge >= 0.3 is 0 Å². The average molecular weight is 497 g/mol. The number of sulfonamides is 1. The molecule has 10 heteroatoms. The number of nitrogens with two attached hydrogens (primary N) is 1. The number of nitrogens with one attached hydrogen (secondary N) is 3. The van der Waals surface area contributed by atoms with Crippen LogP contribution in [-0.2, 0) is 10.0 Å². The number of anilines is 4. The highest BCUT2D eigenvalue weighted by atomic mass is 32.2. The van der Waals surface area contributed by atoms with Gasteiger partial charge in [-0.25, -0.2) is 18.1 Å². The summed E-state index contributed by atoms with van der Waals surface area (Å²) in [5.41, 5.74) is 9.72. The molecule has 35 heavy (non-hydrogen) atoms. The van der Waals surface area contributed by atoms with Crippen LogP contribution >= 0.6 is 0 Å². The van der Waals surface area contributed by atoms with E-state index in [4.69, 9.17) is 10.5 Å². The van der Waals surface area contributed by atoms with Crippen molar-refractivity contribution in [2.75, 3.05) is 49.2 Å². The summed E-state index contributed by atoms with van der Waals surface area (Å²) in [5.74, 6) is 1.01. The third-order valence-corrected chi connectivity index (χ3v) is 7.44. The molecule has 2 aromatic carbocycles. The minimum absolute atomic E-state index is 0.149. The Hall–Kier alpha value is -3.34. The van der Waals surface area contributed by atoms with Gasteiger partial charge in [0.15, 0.2) is 0 Å². The molecule has 0 aliphatic carbocycles. The van der Waals surface area contributed by atoms with Crippen LogP contribution in [0.4, 0.5) is 22.9 Å². The lowest BCUT2D eigenvalue weighted by molar-refractivity contribution is 0.416. The quantitative estimate of drug-likeness (QED) is 0.375. The van der Waals surface area contributed by atoms with Crippen LogP contribution in [0.5, 0.6) is 5.75 Å². The molecule has 1 aromatic heterocycles. The van der Waals surface area contributed by atoms with Crippen molar-refractivity contribution in [2.45, 2.75) is 24.8 Å². The van der Waals surface area contributed by atoms with Crippen LogP contribution in [0.15, 0.2) is 59.6 Å². The summed E-state index contributed by atoms with van der Waals surface area (Å²) in [6.07, 6.45) is 1.67. The Bertz CT molecular complexity index is 1290. The monoisotopic (exact) mass is 496 g/mol. The topological polar surface area (TPSA) is 122 Å². The molecule has 1 aliphatic heterocycles. The van der Waals surface area contributed by atoms with Crippen molar-refractivity contribution in [3.8, 4) is 16.9 Å². The Morgan fingerprint density at radius 1 is 1.06 bits per heavy atom. The van der Waals surface area contributed by atoms with Gasteiger partial charge in [0, 0.05) is 67.4 Å². The average Bonchev–Trinajstić information content (AvgIpc) is 2.84. The smallest absolute Gasteiger partial charge is 0.242 e. The minimum atomic E-state index is -3.72. The van der Waals surface area contributed by atoms with E-state index in [2.05, 4.69) is 31.3 Å². The lowest BCUT2D eigenvalue weighted by Crippen LogP contribution is -2.43. The minimum Gasteiger partial charge on any atom is -0.496 e. The first-order valence-electron chi connectivity index (χ1n) is 11.6. The van der Waals surface area contributed by atoms with Gasteiger partial charge in [-0.1, -0.05) is 12.1 Å². The maximum atomic E-state index is 12.9. The van der Waals surface area contributed by atoms with E-state index in [1.165, 1.54) is 0 Å². The fourth-order valence-corrected chi connectivity index (χ4v) is 5.55. The first-order valence-corrected chi connectivity index (χ1v) is 13.0. The lowest BCUT2D eigenvalue weighted by Gasteiger charge is -2.30. The highest BCUT2D eigenvalue weighted by Gasteiger charge is 2.21. The number of hydrogen-bond acceptors (Lipinski definition) is 8. The van der Waals surface area contributed by atoms with E-state index < -0.39 is 10.0 Å². The van der Waals surface area contributed by atoms with Gasteiger partial charge in [-0.3, -0.25) is 0 Å². The van der Waals surface area contributed by atoms with Crippen molar-refractivity contribution >= 4 is 32.9 Å². The molecule has 9 nitrogen and oxygen atoms in total. The SMILES string of the molecule is COc1cc(N2CCNCC2)ccc1-c1cnc(N)cc1Nc1ccccc1S(=O)(=O)NC(C)C. The van der Waals surface area contributed by atoms with Crippen molar-refractivity contribution < 1.29 is 13.2 Å². The number of methoxy groups -OCH3 is 1. The normalized spacial score (nSPS) is 14.2. The molecule has 0 unspecified atom stereocenters. The second kappa shape index (κ2) is 10.5. The van der Waals surface area contributed by atoms with Gasteiger partial charge in [-0.05, 0) is 38.1 Å². The van der Waals surface area contributed by atoms with Crippen molar-refractivity contribution in [1.29, 1.82) is 0 Å². The molecule has 0 amide bonds. The van der Waals surface area contributed by atoms with Crippen molar-refractivity contribution in [2.24, 2.45) is 0 Å². The molecule has 1 aliphatic rings. The maximum absolute atomic E-state index is 12.9. The maximum Gasteiger partial charge on any atom is 0.242 e. The molecular formula is C25H32N6O3S. The molecule has 0 bridgehead atoms. The van der Waals surface area contributed by atoms with Gasteiger partial charge in [0.2, 0.25) is 10.0 Å². The molecule has 186 valence electrons. The molecule has 4 rings (SSSR count). The number of rotatable bonds is 8. The molecule has 1 saturated heterocycles. The van der Waals surface area contributed by atoms with Gasteiger partial charge in [-0.2, -0.15) is 0 Å². The Balaban J connectivity index is 1.74. The zero-order valence-corrected chi connectivity index (χ0v) is 21.0. The van der Waals surface area contributed by atoms with Gasteiger partial charge in [0.1, 0.15) is 16.5 Å². The Kier molecular flexibility index (Phi) is 7.44. The summed E-state index contributed by atoms with van der Waals surface area (Å²) in [6, 6.07) is 14.3. The van der Waals surface area contributed by atoms with Crippen LogP contribution in [0.25, 0.3) is 11.1 Å². The number of nitrogen functional groups attached to an aromatic ring is 1. The number of hydrogen-bond donors (Lipinski definition) is 4. The zero-order valence-electron chi connectivity index (χ0n) is 20.2. The van der Waals surface area contributed by atoms with Gasteiger partial charge in [-0.15, -0.1) is 0 Å². The van der Waals surface area contributed by atoms with E-state index in [9.17, 15) is 8.42 Å². The molecule has 0 radical (unpaired) electrons. The number of para-hydroxylation sites is 1. The van der Waals surface area contributed by atoms with Crippen LogP contribution in [0.3, 0.4) is 0 Å². The summed E-state index contributed by atoms with van der Waals surface area (Å²) in [5, 5.41) is 6.64. The van der Waals surface area contributed by atoms with Gasteiger partial charge < -0.3 is 26.0 Å². The molecule has 0 spiro atoms. The highest BCUT2D eigenvalue weighted by Crippen LogP contribution is 2.39. The fraction of sp³-hybridized carbons (Fsp3) is 0.320. The van der Waals surface area contributed by atoms with Gasteiger partial charge in [0.25, 0.3) is 0 Å². The number of ether oxygens (including phenoxy) is 1. The third kappa shape index (κ3) is 5.67. The lowest BCUT2D eigenvalue weighted by atomic mass is 10.0. The Morgan fingerprint density at radius 2 is 1.80 bits per heavy atom. The summed E-state index contributed by atoms with van der Waals surface area (Å²) in [4.78, 5) is 6.75. The molecule has 0 saturated carbocycles. The van der Waals surface area contributed by atoms with E-state index in [1.54, 1.807) is 57.5 Å². The van der Waals surface area contributed by atoms with Crippen LogP contribution < -0.4 is 30.7 Å². The second-order valence-electron chi connectivity index (χ2n) is 8.67. The Morgan fingerprint density at radius 3 is 2.51 bits per heavy atom. The predicted molar refractivity (Wildman–Crippen MR) is 141 cm³/mol. The number of piperazine rings is 1. The molecule has 1 fully saturated rings. The van der Waals surface area contributed by atoms with Crippen molar-refractivity contribution in [3.05, 3.63) is 54.7 Å². The molecule has 3 aromatic rings. The summed E-state index contributed by atoms with van der Waals surface area (Å²) >= 11 is 0. The number of nitrogens with zero attached hydrogens (tertiary/aromatic N) is 2. The van der Waals surface area contributed by atoms with E-state index in [0.29, 0.717) is 22.9 Å². The second-order valence-corrected chi connectivity index (χ2v) is 10.4. The molecule has 2 heterocycles. The van der Waals surface area contributed by atoms with Crippen molar-refractivity contribution in [1.82, 2.24) is 15.0 Å². The molecular weight excluding hydrogens is 464 g/mol. The van der Waals surface area contributed by atoms with Crippen LogP contribution in [0.1, 0.15) is 13.8 Å². The largest absolute Gasteiger partial charge is 0.496 e. The first-order chi connectivity index (χ1) is 16.8. The number of aromatic nitrogens is 1. The van der Waals surface area contributed by atoms with E-state index in [1.807, 2.05) is 12.1 Å². The summed E-state index contributed by atoms with van der Waals surface area (Å²) < 4.78 is 34.3. The third-order valence-electron chi connectivity index (χ3n) is 5.72. The fourth-order valence-electron chi connectivity index (χ4n) is 4.13. The van der Waals surface area contributed by atoms with Gasteiger partial charge in [0.05, 0.1) is 18.5 Å². The standard InChI is InChI=1S/C25H32N6O3S/c1-17(2)30-35(32,33)24-7-5-4-6-21(24)29-22-15-25(26)28-16-20(22)19-9-8-18(14-23(19)34-3)31-12-10-27-11-13-31/h4-9,14-17,27,30H,10-13H2,1-3H3,(H3,26,28,29). The predicted octanol–water partition coefficient (Wildman–Crippen LogP) is 3.18. The van der Waals surface area contributed by atoms with E-state index in [0.717, 1.165) is 43.0 Å². The zero-order chi connectivity index (χ0) is 25.0. The van der Waals surface area contributed by atoms with Crippen LogP contribution in [-0.4, -0.2) is 52.7 Å².